The second-order valence-electron chi connectivity index (χ2n) is 5.41. The Kier molecular flexibility index (Phi) is 5.21. The van der Waals surface area contributed by atoms with Crippen molar-refractivity contribution in [2.45, 2.75) is 45.1 Å². The third kappa shape index (κ3) is 3.82. The average molecular weight is 248 g/mol. The molecule has 100 valence electrons. The Bertz CT molecular complexity index is 356. The molecular weight excluding hydrogens is 224 g/mol. The first-order valence-corrected chi connectivity index (χ1v) is 7.08. The molecule has 2 heteroatoms. The molecule has 1 N–H and O–H groups in total. The molecular formula is C16H24O2. The molecule has 1 aliphatic carbocycles. The maximum atomic E-state index is 10.1. The smallest absolute Gasteiger partial charge is 0.103 e. The van der Waals surface area contributed by atoms with Crippen LogP contribution in [0, 0.1) is 12.8 Å². The molecule has 0 heterocycles. The largest absolute Gasteiger partial charge is 0.386 e. The minimum atomic E-state index is -0.491. The molecule has 0 bridgehead atoms. The minimum absolute atomic E-state index is 0.418. The lowest BCUT2D eigenvalue weighted by atomic mass is 9.90. The summed E-state index contributed by atoms with van der Waals surface area (Å²) in [7, 11) is 0. The van der Waals surface area contributed by atoms with Gasteiger partial charge in [-0.25, -0.2) is 0 Å². The van der Waals surface area contributed by atoms with Crippen molar-refractivity contribution in [1.29, 1.82) is 0 Å². The van der Waals surface area contributed by atoms with Gasteiger partial charge in [0.25, 0.3) is 0 Å². The van der Waals surface area contributed by atoms with Gasteiger partial charge in [0.2, 0.25) is 0 Å². The monoisotopic (exact) mass is 248 g/mol. The minimum Gasteiger partial charge on any atom is -0.386 e. The summed E-state index contributed by atoms with van der Waals surface area (Å²) in [6.45, 7) is 3.25. The van der Waals surface area contributed by atoms with Crippen LogP contribution >= 0.6 is 0 Å². The zero-order valence-electron chi connectivity index (χ0n) is 11.3. The maximum Gasteiger partial charge on any atom is 0.103 e. The van der Waals surface area contributed by atoms with E-state index in [4.69, 9.17) is 4.74 Å². The zero-order chi connectivity index (χ0) is 12.8. The van der Waals surface area contributed by atoms with Gasteiger partial charge in [-0.1, -0.05) is 43.5 Å². The highest BCUT2D eigenvalue weighted by Gasteiger charge is 2.15. The van der Waals surface area contributed by atoms with Crippen LogP contribution in [0.3, 0.4) is 0 Å². The lowest BCUT2D eigenvalue weighted by Gasteiger charge is -2.22. The number of hydrogen-bond donors (Lipinski definition) is 1. The Morgan fingerprint density at radius 3 is 2.67 bits per heavy atom. The summed E-state index contributed by atoms with van der Waals surface area (Å²) in [5, 5.41) is 10.1. The van der Waals surface area contributed by atoms with E-state index in [1.165, 1.54) is 32.1 Å². The lowest BCUT2D eigenvalue weighted by molar-refractivity contribution is 0.0144. The molecule has 1 fully saturated rings. The summed E-state index contributed by atoms with van der Waals surface area (Å²) >= 11 is 0. The lowest BCUT2D eigenvalue weighted by Crippen LogP contribution is -2.16. The highest BCUT2D eigenvalue weighted by Crippen LogP contribution is 2.24. The summed E-state index contributed by atoms with van der Waals surface area (Å²) in [4.78, 5) is 0. The van der Waals surface area contributed by atoms with Crippen LogP contribution in [-0.4, -0.2) is 18.3 Å². The molecule has 0 aliphatic heterocycles. The van der Waals surface area contributed by atoms with E-state index in [1.54, 1.807) is 0 Å². The summed E-state index contributed by atoms with van der Waals surface area (Å²) in [5.74, 6) is 0.711. The van der Waals surface area contributed by atoms with Gasteiger partial charge in [-0.15, -0.1) is 0 Å². The molecule has 1 aliphatic rings. The van der Waals surface area contributed by atoms with Crippen molar-refractivity contribution in [3.05, 3.63) is 35.4 Å². The van der Waals surface area contributed by atoms with Gasteiger partial charge in [0.1, 0.15) is 6.10 Å². The summed E-state index contributed by atoms with van der Waals surface area (Å²) in [6, 6.07) is 7.96. The topological polar surface area (TPSA) is 29.5 Å². The molecule has 1 saturated carbocycles. The van der Waals surface area contributed by atoms with Crippen molar-refractivity contribution in [1.82, 2.24) is 0 Å². The fourth-order valence-electron chi connectivity index (χ4n) is 2.75. The van der Waals surface area contributed by atoms with E-state index in [9.17, 15) is 5.11 Å². The quantitative estimate of drug-likeness (QED) is 0.862. The maximum absolute atomic E-state index is 10.1. The predicted molar refractivity (Wildman–Crippen MR) is 73.5 cm³/mol. The van der Waals surface area contributed by atoms with Crippen molar-refractivity contribution >= 4 is 0 Å². The Hall–Kier alpha value is -0.860. The number of rotatable bonds is 5. The van der Waals surface area contributed by atoms with Crippen LogP contribution in [0.1, 0.15) is 49.3 Å². The van der Waals surface area contributed by atoms with Crippen LogP contribution in [0.25, 0.3) is 0 Å². The average Bonchev–Trinajstić information content (AvgIpc) is 2.40. The highest BCUT2D eigenvalue weighted by atomic mass is 16.5. The molecule has 1 atom stereocenters. The molecule has 1 unspecified atom stereocenters. The Morgan fingerprint density at radius 2 is 1.94 bits per heavy atom. The van der Waals surface area contributed by atoms with Crippen LogP contribution in [0.5, 0.6) is 0 Å². The third-order valence-electron chi connectivity index (χ3n) is 3.90. The molecule has 0 radical (unpaired) electrons. The van der Waals surface area contributed by atoms with Gasteiger partial charge >= 0.3 is 0 Å². The van der Waals surface area contributed by atoms with Crippen LogP contribution in [-0.2, 0) is 4.74 Å². The normalized spacial score (nSPS) is 18.8. The first kappa shape index (κ1) is 13.6. The van der Waals surface area contributed by atoms with Crippen molar-refractivity contribution in [3.63, 3.8) is 0 Å². The van der Waals surface area contributed by atoms with Gasteiger partial charge in [0, 0.05) is 6.61 Å². The predicted octanol–water partition coefficient (Wildman–Crippen LogP) is 3.63. The van der Waals surface area contributed by atoms with Crippen LogP contribution in [0.15, 0.2) is 24.3 Å². The van der Waals surface area contributed by atoms with E-state index in [0.717, 1.165) is 17.7 Å². The second-order valence-corrected chi connectivity index (χ2v) is 5.41. The molecule has 0 amide bonds. The summed E-state index contributed by atoms with van der Waals surface area (Å²) in [5.41, 5.74) is 2.12. The Labute approximate surface area is 110 Å². The number of hydrogen-bond acceptors (Lipinski definition) is 2. The molecule has 0 spiro atoms. The molecule has 2 nitrogen and oxygen atoms in total. The fraction of sp³-hybridized carbons (Fsp3) is 0.625. The number of aliphatic hydroxyl groups is 1. The van der Waals surface area contributed by atoms with Crippen molar-refractivity contribution in [2.24, 2.45) is 5.92 Å². The number of aryl methyl sites for hydroxylation is 1. The summed E-state index contributed by atoms with van der Waals surface area (Å²) in [6.07, 6.45) is 6.15. The highest BCUT2D eigenvalue weighted by molar-refractivity contribution is 5.27. The van der Waals surface area contributed by atoms with E-state index in [1.807, 2.05) is 31.2 Å². The first-order chi connectivity index (χ1) is 8.77. The number of ether oxygens (including phenoxy) is 1. The van der Waals surface area contributed by atoms with E-state index in [2.05, 4.69) is 0 Å². The van der Waals surface area contributed by atoms with Gasteiger partial charge in [-0.3, -0.25) is 0 Å². The van der Waals surface area contributed by atoms with Gasteiger partial charge in [-0.05, 0) is 36.8 Å². The van der Waals surface area contributed by atoms with Crippen molar-refractivity contribution in [2.75, 3.05) is 13.2 Å². The molecule has 18 heavy (non-hydrogen) atoms. The Morgan fingerprint density at radius 1 is 1.22 bits per heavy atom. The van der Waals surface area contributed by atoms with Crippen molar-refractivity contribution in [3.8, 4) is 0 Å². The number of benzene rings is 1. The van der Waals surface area contributed by atoms with E-state index >= 15 is 0 Å². The molecule has 1 aromatic carbocycles. The van der Waals surface area contributed by atoms with E-state index in [-0.39, 0.29) is 0 Å². The fourth-order valence-corrected chi connectivity index (χ4v) is 2.75. The first-order valence-electron chi connectivity index (χ1n) is 7.08. The van der Waals surface area contributed by atoms with Crippen LogP contribution in [0.4, 0.5) is 0 Å². The SMILES string of the molecule is Cc1ccccc1C(O)COCC1CCCCC1. The Balaban J connectivity index is 1.74. The molecule has 0 saturated heterocycles. The van der Waals surface area contributed by atoms with Crippen LogP contribution < -0.4 is 0 Å². The van der Waals surface area contributed by atoms with E-state index in [0.29, 0.717) is 12.5 Å². The molecule has 1 aromatic rings. The third-order valence-corrected chi connectivity index (χ3v) is 3.90. The standard InChI is InChI=1S/C16H24O2/c1-13-7-5-6-10-15(13)16(17)12-18-11-14-8-3-2-4-9-14/h5-7,10,14,16-17H,2-4,8-9,11-12H2,1H3. The van der Waals surface area contributed by atoms with E-state index < -0.39 is 6.10 Å². The zero-order valence-corrected chi connectivity index (χ0v) is 11.3. The van der Waals surface area contributed by atoms with Crippen molar-refractivity contribution < 1.29 is 9.84 Å². The molecule has 2 rings (SSSR count). The summed E-state index contributed by atoms with van der Waals surface area (Å²) < 4.78 is 5.69. The number of aliphatic hydroxyl groups excluding tert-OH is 1. The molecule has 0 aromatic heterocycles. The van der Waals surface area contributed by atoms with Gasteiger partial charge in [0.05, 0.1) is 6.61 Å². The second kappa shape index (κ2) is 6.91. The van der Waals surface area contributed by atoms with Crippen LogP contribution in [0.2, 0.25) is 0 Å². The van der Waals surface area contributed by atoms with Gasteiger partial charge in [-0.2, -0.15) is 0 Å². The van der Waals surface area contributed by atoms with Gasteiger partial charge in [0.15, 0.2) is 0 Å². The van der Waals surface area contributed by atoms with Gasteiger partial charge < -0.3 is 9.84 Å².